The number of aromatic nitrogens is 4. The van der Waals surface area contributed by atoms with Crippen LogP contribution in [0.2, 0.25) is 25.1 Å². The second kappa shape index (κ2) is 23.8. The number of carbonyl (C=O) groups excluding carboxylic acids is 4. The molecule has 8 rings (SSSR count). The first kappa shape index (κ1) is 54.6. The fraction of sp³-hybridized carbons (Fsp3) is 0.280. The highest BCUT2D eigenvalue weighted by Gasteiger charge is 2.32. The van der Waals surface area contributed by atoms with Crippen molar-refractivity contribution in [3.63, 3.8) is 0 Å². The summed E-state index contributed by atoms with van der Waals surface area (Å²) in [6.07, 6.45) is 2.50. The first-order valence-corrected chi connectivity index (χ1v) is 24.6. The second-order valence-corrected chi connectivity index (χ2v) is 19.6. The molecule has 2 aliphatic rings. The summed E-state index contributed by atoms with van der Waals surface area (Å²) >= 11 is 32.0. The minimum absolute atomic E-state index is 0.0123. The molecule has 0 saturated heterocycles. The van der Waals surface area contributed by atoms with Crippen LogP contribution in [0.3, 0.4) is 0 Å². The largest absolute Gasteiger partial charge is 0.480 e. The van der Waals surface area contributed by atoms with Crippen LogP contribution in [0.25, 0.3) is 15.9 Å². The fourth-order valence-corrected chi connectivity index (χ4v) is 9.94. The molecule has 74 heavy (non-hydrogen) atoms. The molecule has 0 radical (unpaired) electrons. The van der Waals surface area contributed by atoms with E-state index in [4.69, 9.17) is 64.6 Å². The Morgan fingerprint density at radius 2 is 1.30 bits per heavy atom. The molecule has 0 spiro atoms. The minimum Gasteiger partial charge on any atom is -0.480 e. The summed E-state index contributed by atoms with van der Waals surface area (Å²) in [5.41, 5.74) is 8.22. The van der Waals surface area contributed by atoms with Crippen LogP contribution in [0, 0.1) is 6.57 Å². The van der Waals surface area contributed by atoms with Gasteiger partial charge in [-0.2, -0.15) is 21.7 Å². The molecule has 6 aromatic rings. The number of fused-ring (bicyclic) bond motifs is 3. The third-order valence-electron chi connectivity index (χ3n) is 12.2. The molecule has 2 atom stereocenters. The lowest BCUT2D eigenvalue weighted by Gasteiger charge is -2.30. The quantitative estimate of drug-likeness (QED) is 0.0251. The van der Waals surface area contributed by atoms with Crippen molar-refractivity contribution in [2.45, 2.75) is 71.1 Å². The molecule has 0 bridgehead atoms. The summed E-state index contributed by atoms with van der Waals surface area (Å²) in [4.78, 5) is 85.9. The van der Waals surface area contributed by atoms with Gasteiger partial charge in [-0.1, -0.05) is 83.3 Å². The summed E-state index contributed by atoms with van der Waals surface area (Å²) in [7, 11) is 0. The number of amides is 4. The molecule has 4 heterocycles. The first-order chi connectivity index (χ1) is 35.2. The average Bonchev–Trinajstić information content (AvgIpc) is 4.05. The van der Waals surface area contributed by atoms with E-state index in [1.165, 1.54) is 6.92 Å². The van der Waals surface area contributed by atoms with Gasteiger partial charge in [0, 0.05) is 59.8 Å². The van der Waals surface area contributed by atoms with Gasteiger partial charge in [-0.05, 0) is 103 Å². The molecule has 4 amide bonds. The molecule has 19 nitrogen and oxygen atoms in total. The number of nitrogens with one attached hydrogen (secondary N) is 5. The number of hydrogen-bond donors (Lipinski definition) is 7. The smallest absolute Gasteiger partial charge is 0.328 e. The number of hydrogen-bond acceptors (Lipinski definition) is 9. The van der Waals surface area contributed by atoms with Crippen LogP contribution >= 0.6 is 58.0 Å². The number of benzene rings is 4. The monoisotopic (exact) mass is 1100 g/mol. The number of carboxylic acids is 2. The van der Waals surface area contributed by atoms with Gasteiger partial charge in [0.15, 0.2) is 5.84 Å². The van der Waals surface area contributed by atoms with Crippen molar-refractivity contribution in [1.29, 1.82) is 0 Å². The van der Waals surface area contributed by atoms with Crippen LogP contribution in [0.15, 0.2) is 71.9 Å². The number of nitrogens with zero attached hydrogens (tertiary/aromatic N) is 6. The van der Waals surface area contributed by atoms with Crippen LogP contribution in [-0.2, 0) is 41.9 Å². The Labute approximate surface area is 448 Å². The maximum Gasteiger partial charge on any atom is 0.328 e. The molecule has 0 aliphatic carbocycles. The zero-order valence-corrected chi connectivity index (χ0v) is 43.4. The number of aliphatic imine (C=N–C) groups is 1. The van der Waals surface area contributed by atoms with E-state index in [0.29, 0.717) is 64.5 Å². The zero-order chi connectivity index (χ0) is 53.5. The van der Waals surface area contributed by atoms with Gasteiger partial charge in [-0.3, -0.25) is 34.4 Å². The first-order valence-electron chi connectivity index (χ1n) is 22.8. The van der Waals surface area contributed by atoms with Crippen LogP contribution in [0.4, 0.5) is 0 Å². The fourth-order valence-electron chi connectivity index (χ4n) is 8.28. The van der Waals surface area contributed by atoms with Crippen LogP contribution in [0.1, 0.15) is 102 Å². The Balaban J connectivity index is 0.000000216. The van der Waals surface area contributed by atoms with Gasteiger partial charge in [0.25, 0.3) is 23.6 Å². The van der Waals surface area contributed by atoms with E-state index in [-0.39, 0.29) is 80.8 Å². The molecule has 2 aliphatic heterocycles. The van der Waals surface area contributed by atoms with Gasteiger partial charge in [0.05, 0.1) is 55.2 Å². The highest BCUT2D eigenvalue weighted by molar-refractivity contribution is 6.41. The van der Waals surface area contributed by atoms with Gasteiger partial charge in [0.1, 0.15) is 12.1 Å². The second-order valence-electron chi connectivity index (χ2n) is 17.6. The highest BCUT2D eigenvalue weighted by atomic mass is 35.5. The van der Waals surface area contributed by atoms with Crippen molar-refractivity contribution in [3.05, 3.63) is 159 Å². The normalized spacial score (nSPS) is 13.9. The van der Waals surface area contributed by atoms with Crippen molar-refractivity contribution < 1.29 is 39.0 Å². The molecule has 0 saturated carbocycles. The van der Waals surface area contributed by atoms with Crippen LogP contribution < -0.4 is 16.1 Å². The minimum atomic E-state index is -1.36. The number of amidine groups is 1. The molecule has 24 heteroatoms. The molecular weight excluding hydrogens is 1060 g/mol. The summed E-state index contributed by atoms with van der Waals surface area (Å²) in [5, 5.41) is 39.8. The number of H-pyrrole nitrogens is 2. The lowest BCUT2D eigenvalue weighted by atomic mass is 9.95. The van der Waals surface area contributed by atoms with E-state index >= 15 is 0 Å². The van der Waals surface area contributed by atoms with Gasteiger partial charge < -0.3 is 30.6 Å². The average molecular weight is 1110 g/mol. The number of halogens is 5. The molecule has 4 aromatic carbocycles. The van der Waals surface area contributed by atoms with Gasteiger partial charge in [-0.15, -0.1) is 0 Å². The number of aromatic amines is 2. The Bertz CT molecular complexity index is 3260. The Morgan fingerprint density at radius 3 is 1.82 bits per heavy atom. The number of aliphatic carboxylic acids is 2. The summed E-state index contributed by atoms with van der Waals surface area (Å²) in [5.74, 6) is -3.88. The number of carboxylic acid groups (broad SMARTS) is 2. The van der Waals surface area contributed by atoms with Crippen molar-refractivity contribution in [2.24, 2.45) is 4.99 Å². The van der Waals surface area contributed by atoms with Gasteiger partial charge in [0.2, 0.25) is 0 Å². The molecule has 7 N–H and O–H groups in total. The lowest BCUT2D eigenvalue weighted by molar-refractivity contribution is -0.140. The van der Waals surface area contributed by atoms with Gasteiger partial charge >= 0.3 is 11.9 Å². The van der Waals surface area contributed by atoms with Crippen LogP contribution in [-0.4, -0.2) is 114 Å². The van der Waals surface area contributed by atoms with Crippen molar-refractivity contribution in [3.8, 4) is 0 Å². The molecule has 384 valence electrons. The SMILES string of the molecule is CC(C)c1cc(C[C@H](NC(=O)c2c(Cl)cc3c(c2Cl)CCN(C(=O)c2ccc(Cl)cc2)C3)C(=O)O)[nH]n1.[C-]#[N+]NC(C)=NC[C@H](NC(=O)c1c(Cl)cc2c(c1Cl)CCN(C(=O)c1ccc3cn[nH]c3c1)C2)C(=O)O. The van der Waals surface area contributed by atoms with Crippen molar-refractivity contribution >= 4 is 110 Å². The standard InChI is InChI=1S/C26H25Cl3N4O4.C24H21Cl2N7O4/c1-13(2)20-10-17(31-32-20)11-21(26(36)37)30-24(34)22-19(28)9-15-12-33(8-7-18(15)23(22)29)25(35)14-3-5-16(27)6-4-14;1-12(31-27-2)28-10-19(24(36)37)30-22(34)20-17(25)7-15-11-33(6-5-16(15)21(20)26)23(35)13-3-4-14-9-29-32-18(14)8-13/h3-6,9-10,13,21H,7-8,11-12H2,1-2H3,(H,30,34)(H,31,32)(H,36,37);3-4,7-9,19H,5-6,10-11H2,1H3,(H,28,31)(H,29,32)(H,30,34)(H,36,37)/t21-;19-/m00/s1. The molecule has 2 aromatic heterocycles. The van der Waals surface area contributed by atoms with E-state index in [2.05, 4.69) is 46.4 Å². The maximum absolute atomic E-state index is 13.1. The maximum atomic E-state index is 13.1. The predicted molar refractivity (Wildman–Crippen MR) is 279 cm³/mol. The predicted octanol–water partition coefficient (Wildman–Crippen LogP) is 8.21. The Hall–Kier alpha value is -7.21. The van der Waals surface area contributed by atoms with Gasteiger partial charge in [-0.25, -0.2) is 9.59 Å². The topological polar surface area (TPSA) is 260 Å². The van der Waals surface area contributed by atoms with E-state index in [0.717, 1.165) is 22.2 Å². The van der Waals surface area contributed by atoms with Crippen LogP contribution in [0.5, 0.6) is 0 Å². The summed E-state index contributed by atoms with van der Waals surface area (Å²) in [6.45, 7) is 13.2. The lowest BCUT2D eigenvalue weighted by Crippen LogP contribution is -2.43. The van der Waals surface area contributed by atoms with E-state index in [1.54, 1.807) is 70.6 Å². The number of rotatable bonds is 13. The van der Waals surface area contributed by atoms with E-state index < -0.39 is 35.8 Å². The Morgan fingerprint density at radius 1 is 0.757 bits per heavy atom. The molecule has 0 unspecified atom stereocenters. The zero-order valence-electron chi connectivity index (χ0n) is 39.7. The van der Waals surface area contributed by atoms with E-state index in [9.17, 15) is 39.0 Å². The molecular formula is C50H46Cl5N11O8. The molecule has 0 fully saturated rings. The van der Waals surface area contributed by atoms with Crippen molar-refractivity contribution in [2.75, 3.05) is 19.6 Å². The number of carbonyl (C=O) groups is 6. The van der Waals surface area contributed by atoms with E-state index in [1.807, 2.05) is 19.9 Å². The van der Waals surface area contributed by atoms with Crippen molar-refractivity contribution in [1.82, 2.24) is 46.3 Å². The summed E-state index contributed by atoms with van der Waals surface area (Å²) < 4.78 is 0. The Kier molecular flexibility index (Phi) is 17.5. The third-order valence-corrected chi connectivity index (χ3v) is 13.9. The summed E-state index contributed by atoms with van der Waals surface area (Å²) in [6, 6.07) is 14.3. The highest BCUT2D eigenvalue weighted by Crippen LogP contribution is 2.37. The third kappa shape index (κ3) is 12.6.